The normalized spacial score (nSPS) is 25.2. The molecule has 0 saturated heterocycles. The Labute approximate surface area is 277 Å². The van der Waals surface area contributed by atoms with Crippen molar-refractivity contribution in [3.8, 4) is 33.4 Å². The summed E-state index contributed by atoms with van der Waals surface area (Å²) in [5, 5.41) is 3.78. The van der Waals surface area contributed by atoms with Crippen LogP contribution in [0.25, 0.3) is 61.1 Å². The largest absolute Gasteiger partial charge is 0.256 e. The summed E-state index contributed by atoms with van der Waals surface area (Å²) in [4.78, 5) is 4.71. The van der Waals surface area contributed by atoms with Gasteiger partial charge in [0, 0.05) is 17.0 Å². The highest BCUT2D eigenvalue weighted by atomic mass is 14.7. The fraction of sp³-hybridized carbons (Fsp3) is 0.239. The van der Waals surface area contributed by atoms with Gasteiger partial charge in [-0.2, -0.15) is 0 Å². The van der Waals surface area contributed by atoms with Crippen LogP contribution in [-0.4, -0.2) is 4.98 Å². The molecule has 5 aliphatic carbocycles. The monoisotopic (exact) mass is 605 g/mol. The minimum Gasteiger partial charge on any atom is -0.256 e. The van der Waals surface area contributed by atoms with E-state index in [1.807, 2.05) is 12.3 Å². The van der Waals surface area contributed by atoms with Crippen LogP contribution in [0.3, 0.4) is 0 Å². The molecule has 11 rings (SSSR count). The first kappa shape index (κ1) is 27.4. The minimum atomic E-state index is 0.146. The molecule has 1 heterocycles. The summed E-state index contributed by atoms with van der Waals surface area (Å²) in [6, 6.07) is 36.8. The fourth-order valence-corrected chi connectivity index (χ4v) is 11.2. The standard InChI is InChI=1S/C46H39N/c1-3-4-11-34-28(2)44(40-20-21-47-43-17-10-8-13-37(40)43)38-14-5-6-15-39(38)45(34)31-18-19-36-35-12-7-9-16-41(35)46(42(36)27-31)32-23-29-22-30(25-32)26-33(46)24-29/h3-21,27,29-30,32-33H,1,22-26H2,2H3/b11-4-. The molecule has 5 aliphatic rings. The molecule has 0 N–H and O–H groups in total. The van der Waals surface area contributed by atoms with Gasteiger partial charge in [0.1, 0.15) is 0 Å². The minimum absolute atomic E-state index is 0.146. The summed E-state index contributed by atoms with van der Waals surface area (Å²) in [5.41, 5.74) is 15.1. The number of nitrogens with zero attached hydrogens (tertiary/aromatic N) is 1. The van der Waals surface area contributed by atoms with E-state index in [1.165, 1.54) is 92.8 Å². The van der Waals surface area contributed by atoms with Crippen LogP contribution < -0.4 is 0 Å². The molecule has 0 unspecified atom stereocenters. The summed E-state index contributed by atoms with van der Waals surface area (Å²) < 4.78 is 0. The second-order valence-electron chi connectivity index (χ2n) is 14.8. The van der Waals surface area contributed by atoms with Gasteiger partial charge in [0.2, 0.25) is 0 Å². The first-order chi connectivity index (χ1) is 23.2. The van der Waals surface area contributed by atoms with Crippen LogP contribution in [0.2, 0.25) is 0 Å². The second kappa shape index (κ2) is 10.1. The van der Waals surface area contributed by atoms with E-state index in [4.69, 9.17) is 4.98 Å². The molecule has 47 heavy (non-hydrogen) atoms. The average Bonchev–Trinajstić information content (AvgIpc) is 3.39. The summed E-state index contributed by atoms with van der Waals surface area (Å²) >= 11 is 0. The van der Waals surface area contributed by atoms with Gasteiger partial charge in [-0.25, -0.2) is 0 Å². The highest BCUT2D eigenvalue weighted by Gasteiger charge is 2.61. The molecule has 6 aromatic rings. The van der Waals surface area contributed by atoms with Gasteiger partial charge in [-0.3, -0.25) is 4.98 Å². The van der Waals surface area contributed by atoms with Crippen LogP contribution in [0.15, 0.2) is 122 Å². The number of hydrogen-bond donors (Lipinski definition) is 0. The summed E-state index contributed by atoms with van der Waals surface area (Å²) in [5.74, 6) is 3.36. The molecule has 1 heteroatoms. The Morgan fingerprint density at radius 2 is 1.32 bits per heavy atom. The van der Waals surface area contributed by atoms with E-state index in [0.29, 0.717) is 0 Å². The number of para-hydroxylation sites is 1. The number of aromatic nitrogens is 1. The maximum atomic E-state index is 4.71. The van der Waals surface area contributed by atoms with Gasteiger partial charge in [-0.1, -0.05) is 104 Å². The van der Waals surface area contributed by atoms with Gasteiger partial charge < -0.3 is 0 Å². The van der Waals surface area contributed by atoms with Crippen LogP contribution in [0.4, 0.5) is 0 Å². The van der Waals surface area contributed by atoms with Crippen molar-refractivity contribution >= 4 is 27.8 Å². The maximum absolute atomic E-state index is 4.71. The lowest BCUT2D eigenvalue weighted by Crippen LogP contribution is -2.55. The van der Waals surface area contributed by atoms with E-state index < -0.39 is 0 Å². The van der Waals surface area contributed by atoms with Gasteiger partial charge >= 0.3 is 0 Å². The fourth-order valence-electron chi connectivity index (χ4n) is 11.2. The Morgan fingerprint density at radius 3 is 2.09 bits per heavy atom. The molecule has 0 amide bonds. The van der Waals surface area contributed by atoms with Crippen LogP contribution >= 0.6 is 0 Å². The van der Waals surface area contributed by atoms with Gasteiger partial charge in [0.05, 0.1) is 5.52 Å². The number of rotatable bonds is 4. The molecule has 228 valence electrons. The van der Waals surface area contributed by atoms with Crippen molar-refractivity contribution in [3.63, 3.8) is 0 Å². The predicted molar refractivity (Wildman–Crippen MR) is 197 cm³/mol. The third-order valence-electron chi connectivity index (χ3n) is 12.7. The zero-order valence-electron chi connectivity index (χ0n) is 27.0. The van der Waals surface area contributed by atoms with Crippen LogP contribution in [-0.2, 0) is 5.41 Å². The van der Waals surface area contributed by atoms with Gasteiger partial charge in [-0.15, -0.1) is 0 Å². The van der Waals surface area contributed by atoms with Crippen LogP contribution in [0, 0.1) is 30.6 Å². The van der Waals surface area contributed by atoms with Gasteiger partial charge in [0.15, 0.2) is 0 Å². The summed E-state index contributed by atoms with van der Waals surface area (Å²) in [6.45, 7) is 6.38. The zero-order valence-corrected chi connectivity index (χ0v) is 27.0. The topological polar surface area (TPSA) is 12.9 Å². The lowest BCUT2D eigenvalue weighted by atomic mass is 9.43. The zero-order chi connectivity index (χ0) is 31.3. The van der Waals surface area contributed by atoms with Crippen LogP contribution in [0.5, 0.6) is 0 Å². The molecule has 0 aliphatic heterocycles. The van der Waals surface area contributed by atoms with E-state index in [0.717, 1.165) is 29.2 Å². The Morgan fingerprint density at radius 1 is 0.660 bits per heavy atom. The third kappa shape index (κ3) is 3.69. The Kier molecular flexibility index (Phi) is 5.90. The van der Waals surface area contributed by atoms with Crippen molar-refractivity contribution in [2.75, 3.05) is 0 Å². The first-order valence-corrected chi connectivity index (χ1v) is 17.6. The van der Waals surface area contributed by atoms with Gasteiger partial charge in [-0.05, 0) is 147 Å². The molecule has 0 radical (unpaired) electrons. The number of benzene rings is 5. The molecule has 4 saturated carbocycles. The quantitative estimate of drug-likeness (QED) is 0.182. The summed E-state index contributed by atoms with van der Waals surface area (Å²) in [6.07, 6.45) is 15.3. The Bertz CT molecular complexity index is 2270. The average molecular weight is 606 g/mol. The molecule has 4 fully saturated rings. The summed E-state index contributed by atoms with van der Waals surface area (Å²) in [7, 11) is 0. The lowest BCUT2D eigenvalue weighted by Gasteiger charge is -2.61. The van der Waals surface area contributed by atoms with Crippen LogP contribution in [0.1, 0.15) is 54.4 Å². The van der Waals surface area contributed by atoms with Crippen molar-refractivity contribution in [3.05, 3.63) is 144 Å². The number of hydrogen-bond acceptors (Lipinski definition) is 1. The highest BCUT2D eigenvalue weighted by Crippen LogP contribution is 2.69. The molecule has 5 aromatic carbocycles. The molecular weight excluding hydrogens is 567 g/mol. The van der Waals surface area contributed by atoms with E-state index in [2.05, 4.69) is 123 Å². The van der Waals surface area contributed by atoms with Crippen molar-refractivity contribution < 1.29 is 0 Å². The molecular formula is C46H39N. The molecule has 0 atom stereocenters. The van der Waals surface area contributed by atoms with Crippen molar-refractivity contribution in [1.29, 1.82) is 0 Å². The smallest absolute Gasteiger partial charge is 0.0708 e. The van der Waals surface area contributed by atoms with Crippen molar-refractivity contribution in [2.24, 2.45) is 23.7 Å². The van der Waals surface area contributed by atoms with Gasteiger partial charge in [0.25, 0.3) is 0 Å². The van der Waals surface area contributed by atoms with Crippen molar-refractivity contribution in [2.45, 2.75) is 44.4 Å². The molecule has 1 aromatic heterocycles. The number of pyridine rings is 1. The number of fused-ring (bicyclic) bond motifs is 5. The van der Waals surface area contributed by atoms with E-state index in [9.17, 15) is 0 Å². The predicted octanol–water partition coefficient (Wildman–Crippen LogP) is 12.0. The Hall–Kier alpha value is -4.75. The van der Waals surface area contributed by atoms with Crippen molar-refractivity contribution in [1.82, 2.24) is 4.98 Å². The highest BCUT2D eigenvalue weighted by molar-refractivity contribution is 6.13. The maximum Gasteiger partial charge on any atom is 0.0708 e. The van der Waals surface area contributed by atoms with E-state index in [1.54, 1.807) is 11.1 Å². The van der Waals surface area contributed by atoms with E-state index in [-0.39, 0.29) is 5.41 Å². The lowest BCUT2D eigenvalue weighted by molar-refractivity contribution is -0.0399. The molecule has 1 nitrogen and oxygen atoms in total. The number of allylic oxidation sites excluding steroid dienone is 2. The third-order valence-corrected chi connectivity index (χ3v) is 12.7. The van der Waals surface area contributed by atoms with E-state index >= 15 is 0 Å². The first-order valence-electron chi connectivity index (χ1n) is 17.6. The second-order valence-corrected chi connectivity index (χ2v) is 14.8. The Balaban J connectivity index is 1.26. The molecule has 4 bridgehead atoms. The SMILES string of the molecule is C=C/C=C\c1c(C)c(-c2ccnc3ccccc23)c2ccccc2c1-c1ccc2c(c1)C1(c3ccccc3-2)C2CC3CC(C2)CC1C3. The molecule has 1 spiro atoms.